The summed E-state index contributed by atoms with van der Waals surface area (Å²) in [5.74, 6) is 2.03. The summed E-state index contributed by atoms with van der Waals surface area (Å²) in [5, 5.41) is 11.4. The fourth-order valence-electron chi connectivity index (χ4n) is 5.14. The van der Waals surface area contributed by atoms with Crippen molar-refractivity contribution < 1.29 is 14.3 Å². The van der Waals surface area contributed by atoms with Gasteiger partial charge in [-0.25, -0.2) is 9.78 Å². The highest BCUT2D eigenvalue weighted by Gasteiger charge is 2.41. The number of rotatable bonds is 9. The number of nitrogens with one attached hydrogen (secondary N) is 2. The zero-order valence-electron chi connectivity index (χ0n) is 24.0. The van der Waals surface area contributed by atoms with Crippen molar-refractivity contribution >= 4 is 17.7 Å². The Bertz CT molecular complexity index is 1470. The van der Waals surface area contributed by atoms with Crippen LogP contribution in [0.2, 0.25) is 0 Å². The third-order valence-electron chi connectivity index (χ3n) is 7.13. The van der Waals surface area contributed by atoms with Gasteiger partial charge in [0.15, 0.2) is 0 Å². The Labute approximate surface area is 235 Å². The highest BCUT2D eigenvalue weighted by atomic mass is 16.6. The van der Waals surface area contributed by atoms with E-state index >= 15 is 0 Å². The van der Waals surface area contributed by atoms with Crippen molar-refractivity contribution in [2.24, 2.45) is 0 Å². The van der Waals surface area contributed by atoms with Crippen molar-refractivity contribution in [2.45, 2.75) is 64.5 Å². The van der Waals surface area contributed by atoms with Crippen molar-refractivity contribution in [1.82, 2.24) is 24.9 Å². The Balaban J connectivity index is 1.56. The summed E-state index contributed by atoms with van der Waals surface area (Å²) in [6.07, 6.45) is 3.26. The first-order chi connectivity index (χ1) is 19.2. The molecule has 9 heteroatoms. The number of amides is 1. The van der Waals surface area contributed by atoms with Crippen LogP contribution in [0.25, 0.3) is 28.2 Å². The van der Waals surface area contributed by atoms with Crippen LogP contribution >= 0.6 is 0 Å². The molecule has 2 aromatic heterocycles. The van der Waals surface area contributed by atoms with E-state index < -0.39 is 11.1 Å². The molecule has 4 aromatic rings. The molecule has 210 valence electrons. The molecule has 9 nitrogen and oxygen atoms in total. The lowest BCUT2D eigenvalue weighted by Gasteiger charge is -2.43. The van der Waals surface area contributed by atoms with Crippen LogP contribution in [0.15, 0.2) is 54.6 Å². The number of alkyl carbamates (subject to hydrolysis) is 1. The minimum Gasteiger partial charge on any atom is -0.444 e. The van der Waals surface area contributed by atoms with E-state index in [-0.39, 0.29) is 6.09 Å². The minimum atomic E-state index is -0.549. The number of benzene rings is 2. The van der Waals surface area contributed by atoms with Gasteiger partial charge in [0.1, 0.15) is 17.2 Å². The molecule has 0 saturated heterocycles. The van der Waals surface area contributed by atoms with E-state index in [1.165, 1.54) is 0 Å². The normalized spacial score (nSPS) is 14.5. The van der Waals surface area contributed by atoms with Crippen LogP contribution in [0.4, 0.5) is 10.6 Å². The maximum Gasteiger partial charge on any atom is 0.408 e. The number of nitrogens with zero attached hydrogens (tertiary/aromatic N) is 4. The van der Waals surface area contributed by atoms with Gasteiger partial charge in [0, 0.05) is 25.8 Å². The number of fused-ring (bicyclic) bond motifs is 1. The summed E-state index contributed by atoms with van der Waals surface area (Å²) in [5.41, 5.74) is 3.85. The van der Waals surface area contributed by atoms with E-state index in [4.69, 9.17) is 14.5 Å². The molecular formula is C31H38N6O3. The highest BCUT2D eigenvalue weighted by molar-refractivity contribution is 5.89. The maximum atomic E-state index is 12.6. The van der Waals surface area contributed by atoms with E-state index in [9.17, 15) is 4.79 Å². The molecule has 0 spiro atoms. The van der Waals surface area contributed by atoms with Crippen molar-refractivity contribution in [3.05, 3.63) is 66.0 Å². The molecule has 1 aliphatic rings. The molecule has 0 aliphatic heterocycles. The fourth-order valence-corrected chi connectivity index (χ4v) is 5.14. The maximum absolute atomic E-state index is 12.6. The van der Waals surface area contributed by atoms with Crippen LogP contribution in [0, 0.1) is 6.92 Å². The molecule has 40 heavy (non-hydrogen) atoms. The van der Waals surface area contributed by atoms with E-state index in [0.717, 1.165) is 59.4 Å². The van der Waals surface area contributed by atoms with Gasteiger partial charge in [-0.1, -0.05) is 54.6 Å². The second-order valence-corrected chi connectivity index (χ2v) is 11.3. The molecule has 1 fully saturated rings. The second-order valence-electron chi connectivity index (χ2n) is 11.3. The summed E-state index contributed by atoms with van der Waals surface area (Å²) in [4.78, 5) is 22.2. The first kappa shape index (κ1) is 27.6. The summed E-state index contributed by atoms with van der Waals surface area (Å²) in [7, 11) is 1.71. The van der Waals surface area contributed by atoms with E-state index in [1.54, 1.807) is 11.6 Å². The highest BCUT2D eigenvalue weighted by Crippen LogP contribution is 2.43. The van der Waals surface area contributed by atoms with Crippen molar-refractivity contribution in [2.75, 3.05) is 25.6 Å². The Morgan fingerprint density at radius 3 is 2.38 bits per heavy atom. The monoisotopic (exact) mass is 542 g/mol. The molecule has 0 bridgehead atoms. The largest absolute Gasteiger partial charge is 0.444 e. The second kappa shape index (κ2) is 11.3. The molecule has 0 unspecified atom stereocenters. The molecule has 2 aromatic carbocycles. The predicted octanol–water partition coefficient (Wildman–Crippen LogP) is 6.12. The van der Waals surface area contributed by atoms with Crippen LogP contribution < -0.4 is 10.6 Å². The molecule has 2 N–H and O–H groups in total. The first-order valence-corrected chi connectivity index (χ1v) is 13.9. The van der Waals surface area contributed by atoms with E-state index in [0.29, 0.717) is 24.8 Å². The van der Waals surface area contributed by atoms with Crippen LogP contribution in [-0.4, -0.2) is 51.5 Å². The molecule has 2 heterocycles. The summed E-state index contributed by atoms with van der Waals surface area (Å²) in [6.45, 7) is 8.87. The Morgan fingerprint density at radius 2 is 1.75 bits per heavy atom. The standard InChI is InChI=1S/C31H38N6O3/c1-21-33-28-34-26(25(22-11-7-6-8-12-22)27(37(28)36-21)32-19-10-20-39-5)23-13-15-24(16-14-23)31(17-9-18-31)35-29(38)40-30(2,3)4/h6-8,11-16,32H,9-10,17-20H2,1-5H3,(H,35,38). The SMILES string of the molecule is COCCCNc1c(-c2ccccc2)c(-c2ccc(C3(NC(=O)OC(C)(C)C)CCC3)cc2)nc2nc(C)nn12. The summed E-state index contributed by atoms with van der Waals surface area (Å²) < 4.78 is 12.6. The zero-order valence-corrected chi connectivity index (χ0v) is 24.0. The summed E-state index contributed by atoms with van der Waals surface area (Å²) >= 11 is 0. The van der Waals surface area contributed by atoms with Gasteiger partial charge in [0.2, 0.25) is 0 Å². The number of carbonyl (C=O) groups is 1. The van der Waals surface area contributed by atoms with Gasteiger partial charge in [0.05, 0.1) is 16.8 Å². The first-order valence-electron chi connectivity index (χ1n) is 13.9. The van der Waals surface area contributed by atoms with Gasteiger partial charge < -0.3 is 20.1 Å². The topological polar surface area (TPSA) is 103 Å². The third-order valence-corrected chi connectivity index (χ3v) is 7.13. The molecule has 0 atom stereocenters. The van der Waals surface area contributed by atoms with Crippen molar-refractivity contribution in [1.29, 1.82) is 0 Å². The van der Waals surface area contributed by atoms with Crippen LogP contribution in [-0.2, 0) is 15.0 Å². The molecule has 1 saturated carbocycles. The Morgan fingerprint density at radius 1 is 1.02 bits per heavy atom. The van der Waals surface area contributed by atoms with E-state index in [2.05, 4.69) is 57.1 Å². The third kappa shape index (κ3) is 5.79. The lowest BCUT2D eigenvalue weighted by molar-refractivity contribution is 0.0377. The lowest BCUT2D eigenvalue weighted by atomic mass is 9.71. The smallest absolute Gasteiger partial charge is 0.408 e. The van der Waals surface area contributed by atoms with Crippen molar-refractivity contribution in [3.8, 4) is 22.4 Å². The molecule has 1 amide bonds. The number of aryl methyl sites for hydroxylation is 1. The molecule has 0 radical (unpaired) electrons. The average Bonchev–Trinajstić information content (AvgIpc) is 3.28. The quantitative estimate of drug-likeness (QED) is 0.246. The predicted molar refractivity (Wildman–Crippen MR) is 156 cm³/mol. The number of ether oxygens (including phenoxy) is 2. The number of methoxy groups -OCH3 is 1. The van der Waals surface area contributed by atoms with Gasteiger partial charge in [-0.15, -0.1) is 5.10 Å². The fraction of sp³-hybridized carbons (Fsp3) is 0.419. The van der Waals surface area contributed by atoms with Gasteiger partial charge >= 0.3 is 6.09 Å². The van der Waals surface area contributed by atoms with Gasteiger partial charge in [-0.3, -0.25) is 0 Å². The summed E-state index contributed by atoms with van der Waals surface area (Å²) in [6, 6.07) is 18.6. The lowest BCUT2D eigenvalue weighted by Crippen LogP contribution is -2.52. The average molecular weight is 543 g/mol. The number of aromatic nitrogens is 4. The van der Waals surface area contributed by atoms with Crippen LogP contribution in [0.3, 0.4) is 0 Å². The minimum absolute atomic E-state index is 0.388. The Kier molecular flexibility index (Phi) is 7.76. The van der Waals surface area contributed by atoms with Crippen LogP contribution in [0.5, 0.6) is 0 Å². The van der Waals surface area contributed by atoms with E-state index in [1.807, 2.05) is 45.9 Å². The number of anilines is 1. The van der Waals surface area contributed by atoms with Gasteiger partial charge in [0.25, 0.3) is 5.78 Å². The number of carbonyl (C=O) groups excluding carboxylic acids is 1. The molecular weight excluding hydrogens is 504 g/mol. The Hall–Kier alpha value is -3.98. The molecule has 1 aliphatic carbocycles. The zero-order chi connectivity index (χ0) is 28.3. The number of hydrogen-bond donors (Lipinski definition) is 2. The van der Waals surface area contributed by atoms with Gasteiger partial charge in [-0.2, -0.15) is 9.50 Å². The number of hydrogen-bond acceptors (Lipinski definition) is 7. The van der Waals surface area contributed by atoms with Crippen molar-refractivity contribution in [3.63, 3.8) is 0 Å². The molecule has 5 rings (SSSR count). The van der Waals surface area contributed by atoms with Gasteiger partial charge in [-0.05, 0) is 64.5 Å². The van der Waals surface area contributed by atoms with Crippen LogP contribution in [0.1, 0.15) is 57.8 Å².